The second-order valence-electron chi connectivity index (χ2n) is 12.6. The van der Waals surface area contributed by atoms with Crippen molar-refractivity contribution in [1.29, 1.82) is 0 Å². The van der Waals surface area contributed by atoms with Gasteiger partial charge in [-0.05, 0) is 99.0 Å². The van der Waals surface area contributed by atoms with E-state index in [0.717, 1.165) is 25.7 Å². The molecule has 4 aliphatic rings. The maximum Gasteiger partial charge on any atom is 0.133 e. The Balaban J connectivity index is 1.48. The Morgan fingerprint density at radius 1 is 1.00 bits per heavy atom. The molecule has 0 bridgehead atoms. The van der Waals surface area contributed by atoms with Gasteiger partial charge in [-0.2, -0.15) is 0 Å². The van der Waals surface area contributed by atoms with Crippen LogP contribution in [0.1, 0.15) is 89.8 Å². The number of nitrogens with one attached hydrogen (secondary N) is 1. The number of rotatable bonds is 2. The summed E-state index contributed by atoms with van der Waals surface area (Å²) in [5, 5.41) is 1.33. The van der Waals surface area contributed by atoms with Gasteiger partial charge in [0, 0.05) is 40.8 Å². The van der Waals surface area contributed by atoms with Crippen LogP contribution in [0.5, 0.6) is 0 Å². The van der Waals surface area contributed by atoms with Gasteiger partial charge in [0.15, 0.2) is 0 Å². The van der Waals surface area contributed by atoms with Gasteiger partial charge >= 0.3 is 0 Å². The van der Waals surface area contributed by atoms with Crippen LogP contribution in [-0.2, 0) is 15.0 Å². The smallest absolute Gasteiger partial charge is 0.133 e. The quantitative estimate of drug-likeness (QED) is 0.546. The molecule has 0 radical (unpaired) electrons. The molecule has 3 nitrogen and oxygen atoms in total. The molecule has 1 aromatic heterocycles. The van der Waals surface area contributed by atoms with Gasteiger partial charge in [0.25, 0.3) is 0 Å². The molecule has 0 amide bonds. The molecular formula is C30H39NO2. The number of carbonyl (C=O) groups is 2. The molecule has 1 heterocycles. The predicted molar refractivity (Wildman–Crippen MR) is 132 cm³/mol. The molecule has 2 aromatic rings. The van der Waals surface area contributed by atoms with Crippen LogP contribution in [0.3, 0.4) is 0 Å². The van der Waals surface area contributed by atoms with Crippen LogP contribution in [0.2, 0.25) is 0 Å². The van der Waals surface area contributed by atoms with E-state index >= 15 is 0 Å². The van der Waals surface area contributed by atoms with Crippen LogP contribution in [0, 0.1) is 41.4 Å². The van der Waals surface area contributed by atoms with E-state index in [1.807, 2.05) is 6.92 Å². The SMILES string of the molecule is CC(=O)[C@H]1CC[C@H]2[C@@H]3CC[C@@]4(c5c(C)[nH]c6ccccc56)CC(=O)CC[C@]4(C)[C@H]3CC[C@]12C. The van der Waals surface area contributed by atoms with Crippen LogP contribution in [0.4, 0.5) is 0 Å². The molecule has 1 aromatic carbocycles. The molecule has 4 saturated carbocycles. The molecular weight excluding hydrogens is 406 g/mol. The first-order valence-corrected chi connectivity index (χ1v) is 13.3. The fourth-order valence-corrected chi connectivity index (χ4v) is 10.1. The lowest BCUT2D eigenvalue weighted by molar-refractivity contribution is -0.149. The number of Topliss-reactive ketones (excluding diaryl/α,β-unsaturated/α-hetero) is 2. The van der Waals surface area contributed by atoms with E-state index in [9.17, 15) is 9.59 Å². The average Bonchev–Trinajstić information content (AvgIpc) is 3.30. The summed E-state index contributed by atoms with van der Waals surface area (Å²) in [4.78, 5) is 29.3. The Labute approximate surface area is 198 Å². The number of benzene rings is 1. The summed E-state index contributed by atoms with van der Waals surface area (Å²) >= 11 is 0. The minimum Gasteiger partial charge on any atom is -0.358 e. The highest BCUT2D eigenvalue weighted by atomic mass is 16.1. The Bertz CT molecular complexity index is 1150. The van der Waals surface area contributed by atoms with Gasteiger partial charge < -0.3 is 4.98 Å². The number of fused-ring (bicyclic) bond motifs is 6. The second-order valence-corrected chi connectivity index (χ2v) is 12.6. The molecule has 4 fully saturated rings. The van der Waals surface area contributed by atoms with Crippen molar-refractivity contribution in [3.8, 4) is 0 Å². The Morgan fingerprint density at radius 2 is 1.79 bits per heavy atom. The fraction of sp³-hybridized carbons (Fsp3) is 0.667. The molecule has 33 heavy (non-hydrogen) atoms. The van der Waals surface area contributed by atoms with Crippen molar-refractivity contribution in [1.82, 2.24) is 4.98 Å². The van der Waals surface area contributed by atoms with E-state index in [1.165, 1.54) is 47.8 Å². The van der Waals surface area contributed by atoms with Crippen LogP contribution in [0.15, 0.2) is 24.3 Å². The van der Waals surface area contributed by atoms with Crippen LogP contribution in [-0.4, -0.2) is 16.6 Å². The third-order valence-corrected chi connectivity index (χ3v) is 11.5. The monoisotopic (exact) mass is 445 g/mol. The first-order chi connectivity index (χ1) is 15.7. The normalized spacial score (nSPS) is 42.6. The lowest BCUT2D eigenvalue weighted by Crippen LogP contribution is -2.61. The predicted octanol–water partition coefficient (Wildman–Crippen LogP) is 6.91. The number of aryl methyl sites for hydroxylation is 1. The highest BCUT2D eigenvalue weighted by Gasteiger charge is 2.66. The molecule has 0 spiro atoms. The summed E-state index contributed by atoms with van der Waals surface area (Å²) < 4.78 is 0. The summed E-state index contributed by atoms with van der Waals surface area (Å²) in [6.45, 7) is 9.04. The summed E-state index contributed by atoms with van der Waals surface area (Å²) in [5.74, 6) is 3.14. The minimum absolute atomic E-state index is 0.0699. The first-order valence-electron chi connectivity index (χ1n) is 13.3. The number of aromatic nitrogens is 1. The largest absolute Gasteiger partial charge is 0.358 e. The van der Waals surface area contributed by atoms with E-state index in [0.29, 0.717) is 35.7 Å². The van der Waals surface area contributed by atoms with Gasteiger partial charge in [-0.25, -0.2) is 0 Å². The molecule has 3 heteroatoms. The third kappa shape index (κ3) is 2.68. The van der Waals surface area contributed by atoms with Gasteiger partial charge in [0.2, 0.25) is 0 Å². The number of para-hydroxylation sites is 1. The van der Waals surface area contributed by atoms with Gasteiger partial charge in [0.05, 0.1) is 0 Å². The van der Waals surface area contributed by atoms with Crippen molar-refractivity contribution in [3.05, 3.63) is 35.5 Å². The number of carbonyl (C=O) groups excluding carboxylic acids is 2. The number of hydrogen-bond donors (Lipinski definition) is 1. The molecule has 6 rings (SSSR count). The Hall–Kier alpha value is -1.90. The van der Waals surface area contributed by atoms with Crippen LogP contribution >= 0.6 is 0 Å². The van der Waals surface area contributed by atoms with Crippen molar-refractivity contribution in [2.24, 2.45) is 34.5 Å². The molecule has 4 aliphatic carbocycles. The lowest BCUT2D eigenvalue weighted by atomic mass is 9.38. The lowest BCUT2D eigenvalue weighted by Gasteiger charge is -2.65. The van der Waals surface area contributed by atoms with Gasteiger partial charge in [0.1, 0.15) is 11.6 Å². The van der Waals surface area contributed by atoms with Crippen molar-refractivity contribution in [2.45, 2.75) is 90.9 Å². The summed E-state index contributed by atoms with van der Waals surface area (Å²) in [5.41, 5.74) is 4.15. The number of hydrogen-bond acceptors (Lipinski definition) is 2. The van der Waals surface area contributed by atoms with E-state index in [4.69, 9.17) is 0 Å². The van der Waals surface area contributed by atoms with Crippen LogP contribution < -0.4 is 0 Å². The first kappa shape index (κ1) is 21.6. The average molecular weight is 446 g/mol. The van der Waals surface area contributed by atoms with Gasteiger partial charge in [-0.15, -0.1) is 0 Å². The van der Waals surface area contributed by atoms with Gasteiger partial charge in [-0.1, -0.05) is 32.0 Å². The summed E-state index contributed by atoms with van der Waals surface area (Å²) in [6.07, 6.45) is 9.47. The molecule has 1 N–H and O–H groups in total. The zero-order valence-corrected chi connectivity index (χ0v) is 20.8. The summed E-state index contributed by atoms with van der Waals surface area (Å²) in [6, 6.07) is 8.70. The fourth-order valence-electron chi connectivity index (χ4n) is 10.1. The zero-order chi connectivity index (χ0) is 23.2. The second kappa shape index (κ2) is 7.06. The standard InChI is InChI=1S/C30H39NO2/c1-18-27(22-7-5-6-8-26(22)31-18)30-16-12-21-24-10-9-23(19(2)32)28(24,3)14-13-25(21)29(30,4)15-11-20(33)17-30/h5-8,21,23-25,31H,9-17H2,1-4H3/t21-,23+,24-,25-,28+,29+,30-/m0/s1. The number of H-pyrrole nitrogens is 1. The van der Waals surface area contributed by atoms with E-state index in [2.05, 4.69) is 50.0 Å². The van der Waals surface area contributed by atoms with Gasteiger partial charge in [-0.3, -0.25) is 9.59 Å². The van der Waals surface area contributed by atoms with Crippen LogP contribution in [0.25, 0.3) is 10.9 Å². The number of ketones is 2. The maximum absolute atomic E-state index is 13.1. The molecule has 0 saturated heterocycles. The van der Waals surface area contributed by atoms with E-state index in [1.54, 1.807) is 0 Å². The highest BCUT2D eigenvalue weighted by molar-refractivity contribution is 5.89. The maximum atomic E-state index is 13.1. The van der Waals surface area contributed by atoms with E-state index < -0.39 is 0 Å². The summed E-state index contributed by atoms with van der Waals surface area (Å²) in [7, 11) is 0. The topological polar surface area (TPSA) is 49.9 Å². The minimum atomic E-state index is -0.0699. The molecule has 176 valence electrons. The van der Waals surface area contributed by atoms with E-state index in [-0.39, 0.29) is 22.2 Å². The molecule has 7 atom stereocenters. The van der Waals surface area contributed by atoms with Crippen molar-refractivity contribution in [2.75, 3.05) is 0 Å². The zero-order valence-electron chi connectivity index (χ0n) is 20.8. The third-order valence-electron chi connectivity index (χ3n) is 11.5. The van der Waals surface area contributed by atoms with Crippen molar-refractivity contribution < 1.29 is 9.59 Å². The Kier molecular flexibility index (Phi) is 4.62. The highest BCUT2D eigenvalue weighted by Crippen LogP contribution is 2.71. The molecule has 0 aliphatic heterocycles. The molecule has 0 unspecified atom stereocenters. The van der Waals surface area contributed by atoms with Crippen molar-refractivity contribution >= 4 is 22.5 Å². The Morgan fingerprint density at radius 3 is 2.58 bits per heavy atom. The van der Waals surface area contributed by atoms with Crippen molar-refractivity contribution in [3.63, 3.8) is 0 Å². The number of aromatic amines is 1.